The van der Waals surface area contributed by atoms with Crippen molar-refractivity contribution in [2.24, 2.45) is 28.6 Å². The van der Waals surface area contributed by atoms with Crippen molar-refractivity contribution in [1.29, 1.82) is 0 Å². The Balaban J connectivity index is 0.820. The van der Waals surface area contributed by atoms with Crippen LogP contribution in [0.5, 0.6) is 0 Å². The SMILES string of the molecule is C[C@]12C=CC(=O)C=C1CC[C@@H]1[C@@H]2[C@@H](O)C[C@@]2(C)[C@H]1C[C@H]1O[C@@H](c3ccc(Cc4ccc(COCNC(=O)CNC(=O)[C@H](Cc5ccccc5)NC(=O)CNC(=O)CNC(=O)CBr)cc4)o3)O[C@]12C(=O)COP(=O)(O)O. The molecule has 0 bridgehead atoms. The zero-order chi connectivity index (χ0) is 53.7. The van der Waals surface area contributed by atoms with Crippen molar-refractivity contribution in [3.63, 3.8) is 0 Å². The molecule has 8 rings (SSSR count). The maximum atomic E-state index is 14.4. The van der Waals surface area contributed by atoms with Crippen molar-refractivity contribution in [1.82, 2.24) is 26.6 Å². The average Bonchev–Trinajstić information content (AvgIpc) is 4.10. The first-order valence-electron chi connectivity index (χ1n) is 24.6. The van der Waals surface area contributed by atoms with Crippen molar-refractivity contribution in [2.75, 3.05) is 38.3 Å². The molecule has 3 aromatic rings. The molecule has 2 heterocycles. The lowest BCUT2D eigenvalue weighted by Crippen LogP contribution is -2.63. The number of nitrogens with one attached hydrogen (secondary N) is 5. The normalized spacial score (nSPS) is 27.9. The van der Waals surface area contributed by atoms with E-state index >= 15 is 0 Å². The van der Waals surface area contributed by atoms with Crippen LogP contribution in [0.3, 0.4) is 0 Å². The number of hydrogen-bond acceptors (Lipinski definition) is 14. The number of allylic oxidation sites excluding steroid dienone is 4. The number of furan rings is 1. The first kappa shape index (κ1) is 55.5. The van der Waals surface area contributed by atoms with Gasteiger partial charge in [0.2, 0.25) is 35.8 Å². The van der Waals surface area contributed by atoms with Gasteiger partial charge in [0.25, 0.3) is 0 Å². The highest BCUT2D eigenvalue weighted by molar-refractivity contribution is 9.09. The quantitative estimate of drug-likeness (QED) is 0.0310. The Morgan fingerprint density at radius 1 is 0.867 bits per heavy atom. The summed E-state index contributed by atoms with van der Waals surface area (Å²) in [5.41, 5.74) is 0.0626. The number of aliphatic hydroxyl groups is 1. The van der Waals surface area contributed by atoms with E-state index in [0.717, 1.165) is 22.3 Å². The lowest BCUT2D eigenvalue weighted by molar-refractivity contribution is -0.203. The summed E-state index contributed by atoms with van der Waals surface area (Å²) in [5.74, 6) is -3.28. The number of phosphoric ester groups is 1. The fourth-order valence-corrected chi connectivity index (χ4v) is 12.4. The van der Waals surface area contributed by atoms with Gasteiger partial charge in [-0.25, -0.2) is 4.57 Å². The summed E-state index contributed by atoms with van der Waals surface area (Å²) in [6.45, 7) is 1.79. The third kappa shape index (κ3) is 12.5. The number of benzene rings is 2. The number of Topliss-reactive ketones (excluding diaryl/α,β-unsaturated/α-hetero) is 1. The van der Waals surface area contributed by atoms with E-state index in [1.54, 1.807) is 54.6 Å². The predicted octanol–water partition coefficient (Wildman–Crippen LogP) is 2.65. The fourth-order valence-electron chi connectivity index (χ4n) is 11.9. The van der Waals surface area contributed by atoms with Crippen LogP contribution in [0.25, 0.3) is 0 Å². The molecular formula is C52H61BrN5O16P. The first-order chi connectivity index (χ1) is 35.7. The molecule has 4 fully saturated rings. The van der Waals surface area contributed by atoms with Gasteiger partial charge in [-0.1, -0.05) is 96.0 Å². The largest absolute Gasteiger partial charge is 0.470 e. The van der Waals surface area contributed by atoms with E-state index in [4.69, 9.17) is 23.2 Å². The molecule has 4 aliphatic carbocycles. The van der Waals surface area contributed by atoms with Gasteiger partial charge < -0.3 is 60.1 Å². The smallest absolute Gasteiger partial charge is 0.460 e. The van der Waals surface area contributed by atoms with Crippen LogP contribution in [0.1, 0.15) is 74.0 Å². The van der Waals surface area contributed by atoms with Gasteiger partial charge >= 0.3 is 7.82 Å². The van der Waals surface area contributed by atoms with Crippen LogP contribution < -0.4 is 26.6 Å². The lowest BCUT2D eigenvalue weighted by Gasteiger charge is -2.59. The third-order valence-electron chi connectivity index (χ3n) is 15.3. The number of hydrogen-bond donors (Lipinski definition) is 8. The van der Waals surface area contributed by atoms with Gasteiger partial charge in [-0.15, -0.1) is 0 Å². The number of rotatable bonds is 22. The van der Waals surface area contributed by atoms with E-state index in [0.29, 0.717) is 31.4 Å². The Hall–Kier alpha value is -5.68. The molecule has 23 heteroatoms. The monoisotopic (exact) mass is 1120 g/mol. The molecule has 0 spiro atoms. The summed E-state index contributed by atoms with van der Waals surface area (Å²) >= 11 is 2.98. The second-order valence-corrected chi connectivity index (χ2v) is 21.8. The van der Waals surface area contributed by atoms with E-state index in [1.807, 2.05) is 44.2 Å². The first-order valence-corrected chi connectivity index (χ1v) is 27.3. The van der Waals surface area contributed by atoms with Gasteiger partial charge in [0.15, 0.2) is 22.9 Å². The van der Waals surface area contributed by atoms with E-state index in [9.17, 15) is 53.0 Å². The summed E-state index contributed by atoms with van der Waals surface area (Å²) < 4.78 is 41.8. The summed E-state index contributed by atoms with van der Waals surface area (Å²) in [4.78, 5) is 108. The Morgan fingerprint density at radius 2 is 1.56 bits per heavy atom. The van der Waals surface area contributed by atoms with E-state index < -0.39 is 104 Å². The highest BCUT2D eigenvalue weighted by Crippen LogP contribution is 2.70. The second-order valence-electron chi connectivity index (χ2n) is 20.0. The molecular weight excluding hydrogens is 1060 g/mol. The van der Waals surface area contributed by atoms with E-state index in [2.05, 4.69) is 42.5 Å². The van der Waals surface area contributed by atoms with Crippen molar-refractivity contribution < 1.29 is 76.2 Å². The minimum atomic E-state index is -5.05. The van der Waals surface area contributed by atoms with Crippen LogP contribution in [0.15, 0.2) is 94.9 Å². The summed E-state index contributed by atoms with van der Waals surface area (Å²) in [7, 11) is -5.05. The number of ether oxygens (including phenoxy) is 3. The summed E-state index contributed by atoms with van der Waals surface area (Å²) in [6.07, 6.45) is 4.49. The average molecular weight is 1120 g/mol. The van der Waals surface area contributed by atoms with E-state index in [-0.39, 0.29) is 67.4 Å². The predicted molar refractivity (Wildman–Crippen MR) is 268 cm³/mol. The van der Waals surface area contributed by atoms with Crippen LogP contribution in [0.2, 0.25) is 0 Å². The number of amides is 5. The summed E-state index contributed by atoms with van der Waals surface area (Å²) in [5, 5.41) is 24.5. The molecule has 5 aliphatic rings. The van der Waals surface area contributed by atoms with E-state index in [1.165, 1.54) is 0 Å². The molecule has 402 valence electrons. The maximum absolute atomic E-state index is 14.4. The van der Waals surface area contributed by atoms with Crippen LogP contribution >= 0.6 is 23.8 Å². The third-order valence-corrected chi connectivity index (χ3v) is 16.3. The van der Waals surface area contributed by atoms with Gasteiger partial charge in [0, 0.05) is 29.6 Å². The molecule has 1 aliphatic heterocycles. The number of carbonyl (C=O) groups is 7. The molecule has 0 unspecified atom stereocenters. The molecule has 5 amide bonds. The number of aliphatic hydroxyl groups excluding tert-OH is 1. The van der Waals surface area contributed by atoms with Crippen LogP contribution in [0, 0.1) is 28.6 Å². The van der Waals surface area contributed by atoms with Crippen LogP contribution in [-0.2, 0) is 76.3 Å². The van der Waals surface area contributed by atoms with Gasteiger partial charge in [-0.3, -0.25) is 38.1 Å². The van der Waals surface area contributed by atoms with Crippen LogP contribution in [0.4, 0.5) is 0 Å². The Morgan fingerprint density at radius 3 is 2.29 bits per heavy atom. The fraction of sp³-hybridized carbons (Fsp3) is 0.481. The highest BCUT2D eigenvalue weighted by Gasteiger charge is 2.76. The second kappa shape index (κ2) is 23.3. The Bertz CT molecular complexity index is 2770. The molecule has 75 heavy (non-hydrogen) atoms. The number of halogens is 1. The standard InChI is InChI=1S/C52H61BrN5O16P/c1-50-17-16-34(59)20-33(50)12-14-36-37-21-42-52(41(61)28-71-75(67,68)69,51(37,2)22-39(60)47(36)50)74-49(73-42)40-15-13-35(72-40)18-31-8-10-32(11-9-31)27-70-29-57-45(64)25-56-48(66)38(19-30-6-4-3-5-7-30)58-46(65)26-55-44(63)24-54-43(62)23-53/h3-11,13,15-17,20,36-39,42,47,49,60H,12,14,18-19,21-29H2,1-2H3,(H,54,62)(H,55,63)(H,56,66)(H,57,64)(H,58,65)(H2,67,68,69)/t36-,37-,38-,39-,42+,47+,49+,50-,51-,52+/m0/s1. The summed E-state index contributed by atoms with van der Waals surface area (Å²) in [6, 6.07) is 18.8. The van der Waals surface area contributed by atoms with Crippen molar-refractivity contribution in [3.05, 3.63) is 119 Å². The van der Waals surface area contributed by atoms with Gasteiger partial charge in [0.1, 0.15) is 25.1 Å². The lowest BCUT2D eigenvalue weighted by atomic mass is 9.46. The molecule has 10 atom stereocenters. The maximum Gasteiger partial charge on any atom is 0.470 e. The minimum Gasteiger partial charge on any atom is -0.460 e. The Kier molecular flexibility index (Phi) is 17.2. The molecule has 1 saturated heterocycles. The Labute approximate surface area is 440 Å². The zero-order valence-electron chi connectivity index (χ0n) is 41.3. The molecule has 21 nitrogen and oxygen atoms in total. The van der Waals surface area contributed by atoms with Crippen molar-refractivity contribution in [3.8, 4) is 0 Å². The van der Waals surface area contributed by atoms with Crippen LogP contribution in [-0.4, -0.2) is 118 Å². The number of fused-ring (bicyclic) bond motifs is 7. The molecule has 8 N–H and O–H groups in total. The van der Waals surface area contributed by atoms with Gasteiger partial charge in [-0.05, 0) is 78.5 Å². The number of phosphoric acid groups is 1. The van der Waals surface area contributed by atoms with Crippen molar-refractivity contribution >= 4 is 64.9 Å². The topological polar surface area (TPSA) is 307 Å². The minimum absolute atomic E-state index is 0.0135. The number of alkyl halides is 1. The number of ketones is 2. The molecule has 1 aromatic heterocycles. The van der Waals surface area contributed by atoms with Crippen molar-refractivity contribution in [2.45, 2.75) is 89.1 Å². The number of carbonyl (C=O) groups excluding carboxylic acids is 7. The molecule has 0 radical (unpaired) electrons. The molecule has 2 aromatic carbocycles. The zero-order valence-corrected chi connectivity index (χ0v) is 43.8. The van der Waals surface area contributed by atoms with Gasteiger partial charge in [-0.2, -0.15) is 0 Å². The highest BCUT2D eigenvalue weighted by atomic mass is 79.9. The van der Waals surface area contributed by atoms with Gasteiger partial charge in [0.05, 0.1) is 43.8 Å². The molecule has 3 saturated carbocycles.